The van der Waals surface area contributed by atoms with E-state index in [1.807, 2.05) is 0 Å². The third kappa shape index (κ3) is 3.69. The van der Waals surface area contributed by atoms with Gasteiger partial charge in [-0.05, 0) is 43.3 Å². The Labute approximate surface area is 169 Å². The smallest absolute Gasteiger partial charge is 0.344 e. The molecule has 8 heteroatoms. The summed E-state index contributed by atoms with van der Waals surface area (Å²) in [6.45, 7) is 1.87. The van der Waals surface area contributed by atoms with Crippen molar-refractivity contribution < 1.29 is 14.1 Å². The molecule has 0 fully saturated rings. The van der Waals surface area contributed by atoms with E-state index in [1.54, 1.807) is 43.3 Å². The largest absolute Gasteiger partial charge is 0.462 e. The molecule has 3 rings (SSSR count). The Bertz CT molecular complexity index is 916. The Morgan fingerprint density at radius 2 is 1.58 bits per heavy atom. The van der Waals surface area contributed by atoms with Crippen molar-refractivity contribution in [2.24, 2.45) is 0 Å². The number of benzene rings is 2. The summed E-state index contributed by atoms with van der Waals surface area (Å²) in [5.74, 6) is -0.479. The highest BCUT2D eigenvalue weighted by Crippen LogP contribution is 2.40. The third-order valence-corrected chi connectivity index (χ3v) is 4.66. The molecule has 4 nitrogen and oxygen atoms in total. The van der Waals surface area contributed by atoms with Crippen molar-refractivity contribution in [1.29, 1.82) is 0 Å². The molecule has 0 N–H and O–H groups in total. The molecular weight excluding hydrogens is 420 g/mol. The molecule has 2 aromatic carbocycles. The molecule has 0 bridgehead atoms. The van der Waals surface area contributed by atoms with Crippen molar-refractivity contribution in [1.82, 2.24) is 5.16 Å². The van der Waals surface area contributed by atoms with Crippen LogP contribution in [0.25, 0.3) is 22.6 Å². The maximum Gasteiger partial charge on any atom is 0.344 e. The SMILES string of the molecule is CCOC(=O)c1c(-c2cc(Cl)ccc2Cl)noc1-c1cc(Cl)ccc1Cl. The Morgan fingerprint density at radius 1 is 1.00 bits per heavy atom. The topological polar surface area (TPSA) is 52.3 Å². The number of ether oxygens (including phenoxy) is 1. The summed E-state index contributed by atoms with van der Waals surface area (Å²) in [5.41, 5.74) is 1.16. The van der Waals surface area contributed by atoms with Gasteiger partial charge in [-0.2, -0.15) is 0 Å². The maximum absolute atomic E-state index is 12.6. The minimum Gasteiger partial charge on any atom is -0.462 e. The second-order valence-corrected chi connectivity index (χ2v) is 6.89. The molecule has 0 amide bonds. The van der Waals surface area contributed by atoms with E-state index in [1.165, 1.54) is 0 Å². The van der Waals surface area contributed by atoms with Crippen LogP contribution < -0.4 is 0 Å². The third-order valence-electron chi connectivity index (χ3n) is 3.53. The quantitative estimate of drug-likeness (QED) is 0.427. The summed E-state index contributed by atoms with van der Waals surface area (Å²) in [4.78, 5) is 12.6. The summed E-state index contributed by atoms with van der Waals surface area (Å²) in [5, 5.41) is 5.59. The Balaban J connectivity index is 2.27. The van der Waals surface area contributed by atoms with Crippen LogP contribution in [0.5, 0.6) is 0 Å². The molecule has 0 aliphatic heterocycles. The number of carbonyl (C=O) groups is 1. The van der Waals surface area contributed by atoms with E-state index in [9.17, 15) is 4.79 Å². The molecule has 134 valence electrons. The van der Waals surface area contributed by atoms with E-state index < -0.39 is 5.97 Å². The number of rotatable bonds is 4. The fourth-order valence-corrected chi connectivity index (χ4v) is 3.16. The number of hydrogen-bond acceptors (Lipinski definition) is 4. The van der Waals surface area contributed by atoms with Gasteiger partial charge in [-0.25, -0.2) is 4.79 Å². The number of nitrogens with zero attached hydrogens (tertiary/aromatic N) is 1. The summed E-state index contributed by atoms with van der Waals surface area (Å²) in [7, 11) is 0. The fraction of sp³-hybridized carbons (Fsp3) is 0.111. The lowest BCUT2D eigenvalue weighted by atomic mass is 10.0. The standard InChI is InChI=1S/C18H11Cl4NO3/c1-2-25-18(24)15-16(11-7-9(19)3-5-13(11)21)23-26-17(15)12-8-10(20)4-6-14(12)22/h3-8H,2H2,1H3. The zero-order chi connectivity index (χ0) is 18.8. The van der Waals surface area contributed by atoms with Gasteiger partial charge in [-0.3, -0.25) is 0 Å². The Morgan fingerprint density at radius 3 is 2.19 bits per heavy atom. The fourth-order valence-electron chi connectivity index (χ4n) is 2.40. The van der Waals surface area contributed by atoms with E-state index in [0.717, 1.165) is 0 Å². The van der Waals surface area contributed by atoms with Gasteiger partial charge in [0, 0.05) is 21.2 Å². The van der Waals surface area contributed by atoms with Crippen molar-refractivity contribution >= 4 is 52.4 Å². The first-order valence-electron chi connectivity index (χ1n) is 7.50. The normalized spacial score (nSPS) is 10.8. The molecule has 3 aromatic rings. The lowest BCUT2D eigenvalue weighted by Crippen LogP contribution is -2.07. The number of esters is 1. The van der Waals surface area contributed by atoms with Crippen molar-refractivity contribution in [3.05, 3.63) is 62.1 Å². The predicted octanol–water partition coefficient (Wildman–Crippen LogP) is 6.80. The Hall–Kier alpha value is -1.72. The van der Waals surface area contributed by atoms with Gasteiger partial charge in [-0.1, -0.05) is 51.6 Å². The second-order valence-electron chi connectivity index (χ2n) is 5.20. The molecule has 0 atom stereocenters. The monoisotopic (exact) mass is 429 g/mol. The van der Waals surface area contributed by atoms with E-state index in [0.29, 0.717) is 31.2 Å². The number of aromatic nitrogens is 1. The number of halogens is 4. The van der Waals surface area contributed by atoms with Crippen LogP contribution in [-0.2, 0) is 4.74 Å². The molecule has 0 aliphatic carbocycles. The summed E-state index contributed by atoms with van der Waals surface area (Å²) >= 11 is 24.6. The molecule has 0 unspecified atom stereocenters. The molecule has 0 aliphatic rings. The number of carbonyl (C=O) groups excluding carboxylic acids is 1. The average molecular weight is 431 g/mol. The molecule has 1 aromatic heterocycles. The highest BCUT2D eigenvalue weighted by Gasteiger charge is 2.28. The second kappa shape index (κ2) is 7.89. The molecule has 0 saturated carbocycles. The predicted molar refractivity (Wildman–Crippen MR) is 103 cm³/mol. The molecular formula is C18H11Cl4NO3. The van der Waals surface area contributed by atoms with Crippen molar-refractivity contribution in [2.75, 3.05) is 6.61 Å². The van der Waals surface area contributed by atoms with Crippen LogP contribution in [0, 0.1) is 0 Å². The minimum absolute atomic E-state index is 0.0974. The molecule has 0 radical (unpaired) electrons. The zero-order valence-electron chi connectivity index (χ0n) is 13.4. The summed E-state index contributed by atoms with van der Waals surface area (Å²) in [6, 6.07) is 9.64. The first-order chi connectivity index (χ1) is 12.4. The first-order valence-corrected chi connectivity index (χ1v) is 9.01. The van der Waals surface area contributed by atoms with Crippen molar-refractivity contribution in [3.8, 4) is 22.6 Å². The van der Waals surface area contributed by atoms with Gasteiger partial charge in [0.15, 0.2) is 5.76 Å². The van der Waals surface area contributed by atoms with Crippen LogP contribution in [0.15, 0.2) is 40.9 Å². The van der Waals surface area contributed by atoms with Crippen LogP contribution >= 0.6 is 46.4 Å². The van der Waals surface area contributed by atoms with E-state index in [2.05, 4.69) is 5.16 Å². The highest BCUT2D eigenvalue weighted by atomic mass is 35.5. The van der Waals surface area contributed by atoms with Crippen LogP contribution in [-0.4, -0.2) is 17.7 Å². The minimum atomic E-state index is -0.620. The van der Waals surface area contributed by atoms with Crippen LogP contribution in [0.1, 0.15) is 17.3 Å². The van der Waals surface area contributed by atoms with Gasteiger partial charge in [0.05, 0.1) is 16.7 Å². The van der Waals surface area contributed by atoms with E-state index in [4.69, 9.17) is 55.7 Å². The average Bonchev–Trinajstić information content (AvgIpc) is 3.04. The van der Waals surface area contributed by atoms with Crippen LogP contribution in [0.4, 0.5) is 0 Å². The molecule has 26 heavy (non-hydrogen) atoms. The zero-order valence-corrected chi connectivity index (χ0v) is 16.4. The van der Waals surface area contributed by atoms with Gasteiger partial charge in [0.1, 0.15) is 11.3 Å². The van der Waals surface area contributed by atoms with Crippen molar-refractivity contribution in [3.63, 3.8) is 0 Å². The van der Waals surface area contributed by atoms with Gasteiger partial charge in [0.25, 0.3) is 0 Å². The van der Waals surface area contributed by atoms with E-state index >= 15 is 0 Å². The summed E-state index contributed by atoms with van der Waals surface area (Å²) in [6.07, 6.45) is 0. The first kappa shape index (κ1) is 19.1. The highest BCUT2D eigenvalue weighted by molar-refractivity contribution is 6.36. The maximum atomic E-state index is 12.6. The lowest BCUT2D eigenvalue weighted by molar-refractivity contribution is 0.0527. The molecule has 0 saturated heterocycles. The van der Waals surface area contributed by atoms with Gasteiger partial charge >= 0.3 is 5.97 Å². The molecule has 0 spiro atoms. The number of hydrogen-bond donors (Lipinski definition) is 0. The van der Waals surface area contributed by atoms with Gasteiger partial charge in [-0.15, -0.1) is 0 Å². The van der Waals surface area contributed by atoms with Gasteiger partial charge in [0.2, 0.25) is 0 Å². The molecule has 1 heterocycles. The van der Waals surface area contributed by atoms with Crippen molar-refractivity contribution in [2.45, 2.75) is 6.92 Å². The lowest BCUT2D eigenvalue weighted by Gasteiger charge is -2.07. The Kier molecular flexibility index (Phi) is 5.78. The van der Waals surface area contributed by atoms with Crippen LogP contribution in [0.2, 0.25) is 20.1 Å². The van der Waals surface area contributed by atoms with Crippen LogP contribution in [0.3, 0.4) is 0 Å². The van der Waals surface area contributed by atoms with E-state index in [-0.39, 0.29) is 23.6 Å². The summed E-state index contributed by atoms with van der Waals surface area (Å²) < 4.78 is 10.6. The van der Waals surface area contributed by atoms with Gasteiger partial charge < -0.3 is 9.26 Å².